The molecule has 4 amide bonds. The summed E-state index contributed by atoms with van der Waals surface area (Å²) in [4.78, 5) is 43.3. The molecule has 1 aliphatic heterocycles. The molecule has 4 rings (SSSR count). The number of imidazole rings is 1. The summed E-state index contributed by atoms with van der Waals surface area (Å²) in [6.07, 6.45) is 3.53. The molecule has 8 heteroatoms. The van der Waals surface area contributed by atoms with E-state index in [0.717, 1.165) is 41.0 Å². The van der Waals surface area contributed by atoms with Crippen molar-refractivity contribution in [2.75, 3.05) is 13.1 Å². The van der Waals surface area contributed by atoms with Gasteiger partial charge in [0.1, 0.15) is 17.9 Å². The molecule has 1 aromatic carbocycles. The summed E-state index contributed by atoms with van der Waals surface area (Å²) in [5.41, 5.74) is 1.10. The van der Waals surface area contributed by atoms with Crippen LogP contribution in [0.2, 0.25) is 0 Å². The monoisotopic (exact) mass is 397 g/mol. The summed E-state index contributed by atoms with van der Waals surface area (Å²) in [7, 11) is 0. The molecule has 1 aliphatic carbocycles. The van der Waals surface area contributed by atoms with E-state index in [4.69, 9.17) is 0 Å². The zero-order valence-corrected chi connectivity index (χ0v) is 16.9. The number of imide groups is 1. The minimum atomic E-state index is -0.831. The van der Waals surface area contributed by atoms with E-state index in [9.17, 15) is 14.4 Å². The highest BCUT2D eigenvalue weighted by Crippen LogP contribution is 2.38. The van der Waals surface area contributed by atoms with E-state index >= 15 is 0 Å². The van der Waals surface area contributed by atoms with Crippen LogP contribution in [0.15, 0.2) is 24.3 Å². The Morgan fingerprint density at radius 2 is 2.10 bits per heavy atom. The normalized spacial score (nSPS) is 24.3. The molecule has 2 fully saturated rings. The van der Waals surface area contributed by atoms with E-state index in [2.05, 4.69) is 15.6 Å². The third kappa shape index (κ3) is 3.36. The number of benzene rings is 1. The highest BCUT2D eigenvalue weighted by atomic mass is 16.2. The molecule has 0 radical (unpaired) electrons. The molecule has 29 heavy (non-hydrogen) atoms. The number of fused-ring (bicyclic) bond motifs is 1. The van der Waals surface area contributed by atoms with Crippen molar-refractivity contribution in [3.8, 4) is 0 Å². The molecular weight excluding hydrogens is 370 g/mol. The SMILES string of the molecule is Cc1nc2ccccc2n1CCNC(=O)CN1C(=O)NC2(CCCCC2C)C1=O. The van der Waals surface area contributed by atoms with Crippen molar-refractivity contribution in [3.05, 3.63) is 30.1 Å². The standard InChI is InChI=1S/C21H27N5O3/c1-14-7-5-6-10-21(14)19(28)26(20(29)24-21)13-18(27)22-11-12-25-15(2)23-16-8-3-4-9-17(16)25/h3-4,8-9,14H,5-7,10-13H2,1-2H3,(H,22,27)(H,24,29). The summed E-state index contributed by atoms with van der Waals surface area (Å²) in [6.45, 7) is 4.64. The Bertz CT molecular complexity index is 968. The quantitative estimate of drug-likeness (QED) is 0.754. The molecule has 2 heterocycles. The van der Waals surface area contributed by atoms with Crippen LogP contribution in [0.5, 0.6) is 0 Å². The maximum Gasteiger partial charge on any atom is 0.325 e. The lowest BCUT2D eigenvalue weighted by molar-refractivity contribution is -0.137. The summed E-state index contributed by atoms with van der Waals surface area (Å²) >= 11 is 0. The lowest BCUT2D eigenvalue weighted by atomic mass is 9.73. The van der Waals surface area contributed by atoms with Gasteiger partial charge >= 0.3 is 6.03 Å². The van der Waals surface area contributed by atoms with E-state index in [1.54, 1.807) is 0 Å². The molecule has 2 unspecified atom stereocenters. The van der Waals surface area contributed by atoms with E-state index in [1.807, 2.05) is 42.7 Å². The molecule has 1 saturated heterocycles. The minimum absolute atomic E-state index is 0.0817. The smallest absolute Gasteiger partial charge is 0.325 e. The Labute approximate surface area is 169 Å². The maximum atomic E-state index is 12.9. The minimum Gasteiger partial charge on any atom is -0.353 e. The molecule has 1 spiro atoms. The second kappa shape index (κ2) is 7.50. The first-order valence-corrected chi connectivity index (χ1v) is 10.2. The van der Waals surface area contributed by atoms with Crippen molar-refractivity contribution in [2.45, 2.75) is 51.6 Å². The van der Waals surface area contributed by atoms with Gasteiger partial charge in [0, 0.05) is 13.1 Å². The number of hydrogen-bond donors (Lipinski definition) is 2. The predicted octanol–water partition coefficient (Wildman–Crippen LogP) is 1.96. The molecule has 0 bridgehead atoms. The van der Waals surface area contributed by atoms with E-state index in [1.165, 1.54) is 0 Å². The number of nitrogens with zero attached hydrogens (tertiary/aromatic N) is 3. The maximum absolute atomic E-state index is 12.9. The van der Waals surface area contributed by atoms with Gasteiger partial charge in [-0.25, -0.2) is 9.78 Å². The van der Waals surface area contributed by atoms with E-state index < -0.39 is 11.6 Å². The van der Waals surface area contributed by atoms with Crippen LogP contribution < -0.4 is 10.6 Å². The Kier molecular flexibility index (Phi) is 5.02. The van der Waals surface area contributed by atoms with Gasteiger partial charge in [0.25, 0.3) is 5.91 Å². The zero-order valence-electron chi connectivity index (χ0n) is 16.9. The molecule has 2 atom stereocenters. The lowest BCUT2D eigenvalue weighted by Gasteiger charge is -2.36. The van der Waals surface area contributed by atoms with E-state index in [-0.39, 0.29) is 24.3 Å². The average Bonchev–Trinajstić information content (AvgIpc) is 3.13. The molecule has 2 aliphatic rings. The summed E-state index contributed by atoms with van der Waals surface area (Å²) < 4.78 is 2.04. The fourth-order valence-corrected chi connectivity index (χ4v) is 4.62. The topological polar surface area (TPSA) is 96.3 Å². The van der Waals surface area contributed by atoms with Gasteiger partial charge in [-0.1, -0.05) is 31.9 Å². The largest absolute Gasteiger partial charge is 0.353 e. The van der Waals surface area contributed by atoms with Gasteiger partial charge in [0.15, 0.2) is 0 Å². The summed E-state index contributed by atoms with van der Waals surface area (Å²) in [5, 5.41) is 5.70. The zero-order chi connectivity index (χ0) is 20.6. The van der Waals surface area contributed by atoms with Crippen LogP contribution in [0.4, 0.5) is 4.79 Å². The second-order valence-electron chi connectivity index (χ2n) is 8.09. The van der Waals surface area contributed by atoms with Crippen molar-refractivity contribution < 1.29 is 14.4 Å². The third-order valence-corrected chi connectivity index (χ3v) is 6.31. The van der Waals surface area contributed by atoms with Crippen LogP contribution in [0.25, 0.3) is 11.0 Å². The van der Waals surface area contributed by atoms with Crippen molar-refractivity contribution in [2.24, 2.45) is 5.92 Å². The van der Waals surface area contributed by atoms with E-state index in [0.29, 0.717) is 19.5 Å². The molecule has 1 aromatic heterocycles. The Morgan fingerprint density at radius 1 is 1.31 bits per heavy atom. The van der Waals surface area contributed by atoms with Gasteiger partial charge in [-0.05, 0) is 37.8 Å². The van der Waals surface area contributed by atoms with Crippen LogP contribution in [-0.2, 0) is 16.1 Å². The number of nitrogens with one attached hydrogen (secondary N) is 2. The summed E-state index contributed by atoms with van der Waals surface area (Å²) in [5.74, 6) is 0.360. The first-order chi connectivity index (χ1) is 13.9. The second-order valence-corrected chi connectivity index (χ2v) is 8.09. The van der Waals surface area contributed by atoms with Crippen molar-refractivity contribution in [1.29, 1.82) is 0 Å². The predicted molar refractivity (Wildman–Crippen MR) is 108 cm³/mol. The number of amides is 4. The van der Waals surface area contributed by atoms with Gasteiger partial charge in [0.05, 0.1) is 11.0 Å². The molecular formula is C21H27N5O3. The van der Waals surface area contributed by atoms with Crippen LogP contribution in [0, 0.1) is 12.8 Å². The van der Waals surface area contributed by atoms with Gasteiger partial charge in [0.2, 0.25) is 5.91 Å². The van der Waals surface area contributed by atoms with Gasteiger partial charge in [-0.15, -0.1) is 0 Å². The van der Waals surface area contributed by atoms with Crippen molar-refractivity contribution >= 4 is 28.9 Å². The van der Waals surface area contributed by atoms with Crippen molar-refractivity contribution in [3.63, 3.8) is 0 Å². The third-order valence-electron chi connectivity index (χ3n) is 6.31. The van der Waals surface area contributed by atoms with Crippen LogP contribution in [-0.4, -0.2) is 50.9 Å². The highest BCUT2D eigenvalue weighted by molar-refractivity contribution is 6.09. The number of urea groups is 1. The molecule has 154 valence electrons. The molecule has 8 nitrogen and oxygen atoms in total. The van der Waals surface area contributed by atoms with Gasteiger partial charge in [-0.2, -0.15) is 0 Å². The molecule has 1 saturated carbocycles. The first-order valence-electron chi connectivity index (χ1n) is 10.2. The van der Waals surface area contributed by atoms with Crippen molar-refractivity contribution in [1.82, 2.24) is 25.1 Å². The Morgan fingerprint density at radius 3 is 2.90 bits per heavy atom. The van der Waals surface area contributed by atoms with Gasteiger partial charge in [-0.3, -0.25) is 14.5 Å². The molecule has 2 N–H and O–H groups in total. The Balaban J connectivity index is 1.36. The van der Waals surface area contributed by atoms with Gasteiger partial charge < -0.3 is 15.2 Å². The number of hydrogen-bond acceptors (Lipinski definition) is 4. The number of carbonyl (C=O) groups excluding carboxylic acids is 3. The number of rotatable bonds is 5. The van der Waals surface area contributed by atoms with Crippen LogP contribution in [0.1, 0.15) is 38.4 Å². The number of carbonyl (C=O) groups is 3. The average molecular weight is 397 g/mol. The van der Waals surface area contributed by atoms with Crippen LogP contribution in [0.3, 0.4) is 0 Å². The number of para-hydroxylation sites is 2. The summed E-state index contributed by atoms with van der Waals surface area (Å²) in [6, 6.07) is 7.39. The number of aromatic nitrogens is 2. The highest BCUT2D eigenvalue weighted by Gasteiger charge is 2.55. The Hall–Kier alpha value is -2.90. The molecule has 2 aromatic rings. The first kappa shape index (κ1) is 19.4. The fraction of sp³-hybridized carbons (Fsp3) is 0.524. The number of aryl methyl sites for hydroxylation is 1. The van der Waals surface area contributed by atoms with Crippen LogP contribution >= 0.6 is 0 Å². The lowest BCUT2D eigenvalue weighted by Crippen LogP contribution is -2.54. The fourth-order valence-electron chi connectivity index (χ4n) is 4.62.